The Morgan fingerprint density at radius 1 is 0.791 bits per heavy atom. The minimum Gasteiger partial charge on any atom is -0.388 e. The molecule has 1 aliphatic carbocycles. The molecule has 0 radical (unpaired) electrons. The van der Waals surface area contributed by atoms with Crippen molar-refractivity contribution in [2.24, 2.45) is 11.8 Å². The lowest BCUT2D eigenvalue weighted by atomic mass is 9.84. The summed E-state index contributed by atoms with van der Waals surface area (Å²) < 4.78 is 0. The van der Waals surface area contributed by atoms with Gasteiger partial charge >= 0.3 is 0 Å². The van der Waals surface area contributed by atoms with Crippen molar-refractivity contribution in [1.82, 2.24) is 9.97 Å². The lowest BCUT2D eigenvalue weighted by Gasteiger charge is -2.22. The fourth-order valence-electron chi connectivity index (χ4n) is 5.22. The first-order chi connectivity index (χ1) is 20.5. The monoisotopic (exact) mass is 599 g/mol. The van der Waals surface area contributed by atoms with Crippen LogP contribution in [0.15, 0.2) is 77.7 Å². The summed E-state index contributed by atoms with van der Waals surface area (Å²) >= 11 is 1.86. The van der Waals surface area contributed by atoms with Crippen molar-refractivity contribution in [3.8, 4) is 0 Å². The normalized spacial score (nSPS) is 17.6. The molecule has 2 unspecified atom stereocenters. The topological polar surface area (TPSA) is 49.3 Å². The molecule has 0 bridgehead atoms. The second kappa shape index (κ2) is 17.4. The first-order valence-electron chi connectivity index (χ1n) is 15.9. The molecule has 1 saturated carbocycles. The summed E-state index contributed by atoms with van der Waals surface area (Å²) in [5.74, 6) is 3.83. The van der Waals surface area contributed by atoms with Crippen LogP contribution in [0.4, 0.5) is 5.82 Å². The van der Waals surface area contributed by atoms with Crippen LogP contribution in [0, 0.1) is 32.6 Å². The zero-order valence-electron chi connectivity index (χ0n) is 27.7. The predicted octanol–water partition coefficient (Wildman–Crippen LogP) is 10.1. The van der Waals surface area contributed by atoms with E-state index in [4.69, 9.17) is 0 Å². The van der Waals surface area contributed by atoms with Gasteiger partial charge in [0.05, 0.1) is 11.6 Å². The van der Waals surface area contributed by atoms with Crippen molar-refractivity contribution in [2.45, 2.75) is 96.3 Å². The number of fused-ring (bicyclic) bond motifs is 1. The third-order valence-electron chi connectivity index (χ3n) is 8.15. The molecule has 1 N–H and O–H groups in total. The van der Waals surface area contributed by atoms with Crippen LogP contribution in [0.2, 0.25) is 0 Å². The van der Waals surface area contributed by atoms with Gasteiger partial charge in [0.25, 0.3) is 0 Å². The molecular weight excluding hydrogens is 547 g/mol. The van der Waals surface area contributed by atoms with E-state index in [-0.39, 0.29) is 6.10 Å². The summed E-state index contributed by atoms with van der Waals surface area (Å²) in [7, 11) is 3.99. The molecule has 1 heterocycles. The Bertz CT molecular complexity index is 1350. The van der Waals surface area contributed by atoms with Crippen molar-refractivity contribution in [2.75, 3.05) is 19.0 Å². The number of aromatic nitrogens is 2. The summed E-state index contributed by atoms with van der Waals surface area (Å²) in [6.45, 7) is 13.0. The van der Waals surface area contributed by atoms with E-state index in [2.05, 4.69) is 81.0 Å². The van der Waals surface area contributed by atoms with Gasteiger partial charge in [-0.1, -0.05) is 106 Å². The van der Waals surface area contributed by atoms with E-state index in [9.17, 15) is 5.11 Å². The van der Waals surface area contributed by atoms with Crippen LogP contribution in [0.25, 0.3) is 10.9 Å². The van der Waals surface area contributed by atoms with Crippen LogP contribution in [-0.2, 0) is 0 Å². The quantitative estimate of drug-likeness (QED) is 0.214. The average molecular weight is 600 g/mol. The van der Waals surface area contributed by atoms with Crippen LogP contribution >= 0.6 is 11.8 Å². The molecule has 43 heavy (non-hydrogen) atoms. The second-order valence-corrected chi connectivity index (χ2v) is 13.9. The number of hydrogen-bond donors (Lipinski definition) is 1. The number of para-hydroxylation sites is 1. The zero-order valence-corrected chi connectivity index (χ0v) is 28.5. The minimum atomic E-state index is -0.381. The largest absolute Gasteiger partial charge is 0.388 e. The second-order valence-electron chi connectivity index (χ2n) is 12.5. The van der Waals surface area contributed by atoms with Crippen LogP contribution in [-0.4, -0.2) is 34.4 Å². The van der Waals surface area contributed by atoms with E-state index in [1.54, 1.807) is 0 Å². The van der Waals surface area contributed by atoms with E-state index in [0.29, 0.717) is 5.25 Å². The fourth-order valence-corrected chi connectivity index (χ4v) is 6.35. The summed E-state index contributed by atoms with van der Waals surface area (Å²) in [5, 5.41) is 12.0. The highest BCUT2D eigenvalue weighted by atomic mass is 32.2. The fraction of sp³-hybridized carbons (Fsp3) is 0.474. The van der Waals surface area contributed by atoms with Crippen LogP contribution in [0.1, 0.15) is 87.9 Å². The third kappa shape index (κ3) is 11.6. The van der Waals surface area contributed by atoms with E-state index in [1.807, 2.05) is 74.1 Å². The highest BCUT2D eigenvalue weighted by Crippen LogP contribution is 2.32. The third-order valence-corrected chi connectivity index (χ3v) is 9.55. The Labute approximate surface area is 265 Å². The molecule has 3 aromatic carbocycles. The zero-order chi connectivity index (χ0) is 31.4. The Hall–Kier alpha value is -2.89. The number of nitrogens with zero attached hydrogens (tertiary/aromatic N) is 3. The van der Waals surface area contributed by atoms with E-state index >= 15 is 0 Å². The van der Waals surface area contributed by atoms with Gasteiger partial charge in [0, 0.05) is 29.6 Å². The number of aryl methyl sites for hydroxylation is 3. The van der Waals surface area contributed by atoms with Crippen molar-refractivity contribution in [3.05, 3.63) is 95.3 Å². The Morgan fingerprint density at radius 3 is 1.86 bits per heavy atom. The maximum atomic E-state index is 10.4. The average Bonchev–Trinajstić information content (AvgIpc) is 3.00. The molecule has 0 amide bonds. The predicted molar refractivity (Wildman–Crippen MR) is 187 cm³/mol. The first-order valence-corrected chi connectivity index (χ1v) is 16.8. The van der Waals surface area contributed by atoms with Crippen LogP contribution in [0.3, 0.4) is 0 Å². The summed E-state index contributed by atoms with van der Waals surface area (Å²) in [5.41, 5.74) is 4.53. The van der Waals surface area contributed by atoms with E-state index in [0.717, 1.165) is 52.8 Å². The van der Waals surface area contributed by atoms with Gasteiger partial charge in [-0.2, -0.15) is 0 Å². The SMILES string of the molecule is CC1CCC(C)CC1.CCC(CC(O)c1ccc(C)cc1)Sc1ccc(C)cc1.Cc1nc(N(C)C)c2ccccc2n1. The summed E-state index contributed by atoms with van der Waals surface area (Å²) in [6.07, 6.45) is 7.36. The summed E-state index contributed by atoms with van der Waals surface area (Å²) in [6, 6.07) is 24.9. The Balaban J connectivity index is 0.000000196. The Morgan fingerprint density at radius 2 is 1.33 bits per heavy atom. The number of anilines is 1. The lowest BCUT2D eigenvalue weighted by molar-refractivity contribution is 0.166. The molecule has 1 aromatic heterocycles. The molecule has 5 rings (SSSR count). The van der Waals surface area contributed by atoms with Gasteiger partial charge in [-0.25, -0.2) is 9.97 Å². The number of aliphatic hydroxyl groups excluding tert-OH is 1. The van der Waals surface area contributed by atoms with Crippen LogP contribution < -0.4 is 4.90 Å². The standard InChI is InChI=1S/C19H24OS.C11H13N3.C8H16/c1-4-17(21-18-11-7-15(3)8-12-18)13-19(20)16-9-5-14(2)6-10-16;1-8-12-10-7-5-4-6-9(10)11(13-8)14(2)3;1-7-3-5-8(2)6-4-7/h5-12,17,19-20H,4,13H2,1-3H3;4-7H,1-3H3;7-8H,3-6H2,1-2H3. The number of benzene rings is 3. The maximum absolute atomic E-state index is 10.4. The number of rotatable bonds is 7. The highest BCUT2D eigenvalue weighted by Gasteiger charge is 2.16. The van der Waals surface area contributed by atoms with Crippen molar-refractivity contribution in [3.63, 3.8) is 0 Å². The molecule has 0 saturated heterocycles. The van der Waals surface area contributed by atoms with E-state index < -0.39 is 0 Å². The van der Waals surface area contributed by atoms with Gasteiger partial charge in [-0.15, -0.1) is 11.8 Å². The van der Waals surface area contributed by atoms with Crippen molar-refractivity contribution >= 4 is 28.5 Å². The molecule has 4 nitrogen and oxygen atoms in total. The molecule has 1 aliphatic rings. The first kappa shape index (κ1) is 34.6. The molecule has 232 valence electrons. The van der Waals surface area contributed by atoms with Gasteiger partial charge < -0.3 is 10.0 Å². The van der Waals surface area contributed by atoms with Gasteiger partial charge in [0.15, 0.2) is 0 Å². The molecule has 0 aliphatic heterocycles. The van der Waals surface area contributed by atoms with Gasteiger partial charge in [-0.05, 0) is 75.3 Å². The van der Waals surface area contributed by atoms with Gasteiger partial charge in [0.2, 0.25) is 0 Å². The molecular formula is C38H53N3OS. The maximum Gasteiger partial charge on any atom is 0.139 e. The number of aliphatic hydroxyl groups is 1. The lowest BCUT2D eigenvalue weighted by Crippen LogP contribution is -2.12. The number of hydrogen-bond acceptors (Lipinski definition) is 5. The molecule has 4 aromatic rings. The minimum absolute atomic E-state index is 0.381. The van der Waals surface area contributed by atoms with Gasteiger partial charge in [-0.3, -0.25) is 0 Å². The molecule has 5 heteroatoms. The van der Waals surface area contributed by atoms with Gasteiger partial charge in [0.1, 0.15) is 11.6 Å². The molecule has 2 atom stereocenters. The highest BCUT2D eigenvalue weighted by molar-refractivity contribution is 8.00. The van der Waals surface area contributed by atoms with Crippen molar-refractivity contribution in [1.29, 1.82) is 0 Å². The van der Waals surface area contributed by atoms with E-state index in [1.165, 1.54) is 41.7 Å². The Kier molecular flexibility index (Phi) is 14.0. The van der Waals surface area contributed by atoms with Crippen LogP contribution in [0.5, 0.6) is 0 Å². The summed E-state index contributed by atoms with van der Waals surface area (Å²) in [4.78, 5) is 12.1. The smallest absolute Gasteiger partial charge is 0.139 e. The van der Waals surface area contributed by atoms with Crippen molar-refractivity contribution < 1.29 is 5.11 Å². The number of thioether (sulfide) groups is 1. The molecule has 0 spiro atoms. The molecule has 1 fully saturated rings.